The molecule has 0 atom stereocenters. The second-order valence-corrected chi connectivity index (χ2v) is 20.1. The average molecular weight is 946 g/mol. The molecule has 69 heavy (non-hydrogen) atoms. The van der Waals surface area contributed by atoms with E-state index in [0.29, 0.717) is 17.6 Å². The van der Waals surface area contributed by atoms with E-state index in [9.17, 15) is 0 Å². The Hall–Kier alpha value is -4.53. The van der Waals surface area contributed by atoms with E-state index < -0.39 is 0 Å². The van der Waals surface area contributed by atoms with Crippen molar-refractivity contribution in [3.05, 3.63) is 16.7 Å². The molecule has 0 unspecified atom stereocenters. The minimum atomic E-state index is 0.554. The fraction of sp³-hybridized carbons (Fsp3) is 0.650. The van der Waals surface area contributed by atoms with Gasteiger partial charge in [0.15, 0.2) is 0 Å². The normalized spacial score (nSPS) is 12.1. The van der Waals surface area contributed by atoms with Gasteiger partial charge in [0.05, 0.1) is 75.4 Å². The van der Waals surface area contributed by atoms with E-state index in [0.717, 1.165) is 157 Å². The first-order valence-electron chi connectivity index (χ1n) is 27.7. The molecule has 7 rings (SSSR count). The van der Waals surface area contributed by atoms with Crippen molar-refractivity contribution < 1.29 is 28.4 Å². The maximum absolute atomic E-state index is 6.57. The Labute approximate surface area is 414 Å². The smallest absolute Gasteiger partial charge is 0.225 e. The van der Waals surface area contributed by atoms with Crippen molar-refractivity contribution in [2.45, 2.75) is 213 Å². The summed E-state index contributed by atoms with van der Waals surface area (Å²) in [5, 5.41) is 8.96. The molecule has 0 radical (unpaired) electrons. The number of aromatic nitrogens is 3. The maximum Gasteiger partial charge on any atom is 0.225 e. The monoisotopic (exact) mass is 946 g/mol. The third-order valence-electron chi connectivity index (χ3n) is 15.4. The summed E-state index contributed by atoms with van der Waals surface area (Å²) in [4.78, 5) is 16.7. The molecule has 0 saturated heterocycles. The first-order valence-corrected chi connectivity index (χ1v) is 27.7. The van der Waals surface area contributed by atoms with Gasteiger partial charge in [0.2, 0.25) is 17.6 Å². The van der Waals surface area contributed by atoms with Crippen molar-refractivity contribution in [1.29, 1.82) is 0 Å². The molecule has 3 aromatic heterocycles. The first-order chi connectivity index (χ1) is 34.0. The summed E-state index contributed by atoms with van der Waals surface area (Å²) in [5.74, 6) is 3.98. The fourth-order valence-corrected chi connectivity index (χ4v) is 11.9. The van der Waals surface area contributed by atoms with Crippen molar-refractivity contribution in [2.75, 3.05) is 42.7 Å². The zero-order chi connectivity index (χ0) is 48.7. The number of rotatable bonds is 36. The summed E-state index contributed by atoms with van der Waals surface area (Å²) in [6.07, 6.45) is 36.1. The van der Waals surface area contributed by atoms with E-state index >= 15 is 0 Å². The Morgan fingerprint density at radius 2 is 0.464 bits per heavy atom. The van der Waals surface area contributed by atoms with Crippen LogP contribution in [0, 0.1) is 0 Å². The minimum Gasteiger partial charge on any atom is -0.496 e. The van der Waals surface area contributed by atoms with E-state index in [2.05, 4.69) is 20.8 Å². The lowest BCUT2D eigenvalue weighted by Gasteiger charge is -2.28. The van der Waals surface area contributed by atoms with Crippen LogP contribution < -0.4 is 28.4 Å². The highest BCUT2D eigenvalue weighted by atomic mass is 16.5. The number of aryl methyl sites for hydroxylation is 3. The highest BCUT2D eigenvalue weighted by Gasteiger charge is 2.36. The third-order valence-corrected chi connectivity index (χ3v) is 15.4. The Bertz CT molecular complexity index is 2340. The summed E-state index contributed by atoms with van der Waals surface area (Å²) in [6.45, 7) is 6.85. The van der Waals surface area contributed by atoms with Crippen LogP contribution in [0.5, 0.6) is 34.9 Å². The van der Waals surface area contributed by atoms with Gasteiger partial charge in [0, 0.05) is 49.0 Å². The van der Waals surface area contributed by atoms with Gasteiger partial charge in [-0.1, -0.05) is 175 Å². The van der Waals surface area contributed by atoms with Crippen LogP contribution in [-0.2, 0) is 19.3 Å². The summed E-state index contributed by atoms with van der Waals surface area (Å²) in [6, 6.07) is 0. The Balaban J connectivity index is 1.45. The lowest BCUT2D eigenvalue weighted by Crippen LogP contribution is -2.09. The van der Waals surface area contributed by atoms with Crippen molar-refractivity contribution in [2.24, 2.45) is 0 Å². The highest BCUT2D eigenvalue weighted by molar-refractivity contribution is 6.47. The molecular weight excluding hydrogens is 859 g/mol. The van der Waals surface area contributed by atoms with Crippen LogP contribution in [0.25, 0.3) is 65.0 Å². The SMILES string of the molecule is CCCCCCCCCCCc1c(OC)c2c(OC)nc3c(CCCCCCCCCCC)c(OC)c4c(OC)nc5c(CCCCCCCCCCC)c(OC)c6c(OC)nc1c1c6c5c4c3c21. The van der Waals surface area contributed by atoms with E-state index in [1.165, 1.54) is 135 Å². The third kappa shape index (κ3) is 10.9. The molecule has 3 heterocycles. The second-order valence-electron chi connectivity index (χ2n) is 20.1. The summed E-state index contributed by atoms with van der Waals surface area (Å²) in [5.41, 5.74) is 5.91. The number of benzene rings is 4. The van der Waals surface area contributed by atoms with Gasteiger partial charge in [-0.15, -0.1) is 0 Å². The van der Waals surface area contributed by atoms with E-state index in [-0.39, 0.29) is 0 Å². The molecule has 9 heteroatoms. The van der Waals surface area contributed by atoms with Crippen LogP contribution >= 0.6 is 0 Å². The molecule has 0 aliphatic carbocycles. The van der Waals surface area contributed by atoms with Gasteiger partial charge < -0.3 is 28.4 Å². The van der Waals surface area contributed by atoms with Crippen LogP contribution in [0.15, 0.2) is 0 Å². The first kappa shape index (κ1) is 52.3. The lowest BCUT2D eigenvalue weighted by molar-refractivity contribution is 0.390. The summed E-state index contributed by atoms with van der Waals surface area (Å²) in [7, 11) is 10.6. The van der Waals surface area contributed by atoms with Crippen LogP contribution in [0.4, 0.5) is 0 Å². The Morgan fingerprint density at radius 3 is 0.667 bits per heavy atom. The zero-order valence-electron chi connectivity index (χ0n) is 44.5. The molecule has 0 spiro atoms. The maximum atomic E-state index is 6.57. The van der Waals surface area contributed by atoms with Gasteiger partial charge in [-0.2, -0.15) is 0 Å². The number of pyridine rings is 3. The quantitative estimate of drug-likeness (QED) is 0.0216. The molecule has 0 aliphatic rings. The second kappa shape index (κ2) is 26.1. The molecule has 378 valence electrons. The highest BCUT2D eigenvalue weighted by Crippen LogP contribution is 2.59. The largest absolute Gasteiger partial charge is 0.496 e. The van der Waals surface area contributed by atoms with Crippen molar-refractivity contribution >= 4 is 65.0 Å². The lowest BCUT2D eigenvalue weighted by atomic mass is 9.81. The molecule has 0 bridgehead atoms. The van der Waals surface area contributed by atoms with Crippen LogP contribution in [-0.4, -0.2) is 57.6 Å². The molecule has 7 aromatic rings. The molecule has 0 aliphatic heterocycles. The van der Waals surface area contributed by atoms with Crippen LogP contribution in [0.3, 0.4) is 0 Å². The number of hydrogen-bond acceptors (Lipinski definition) is 9. The minimum absolute atomic E-state index is 0.554. The predicted molar refractivity (Wildman–Crippen MR) is 291 cm³/mol. The van der Waals surface area contributed by atoms with Crippen LogP contribution in [0.1, 0.15) is 211 Å². The van der Waals surface area contributed by atoms with E-state index in [1.54, 1.807) is 42.7 Å². The van der Waals surface area contributed by atoms with Gasteiger partial charge in [-0.25, -0.2) is 15.0 Å². The average Bonchev–Trinajstić information content (AvgIpc) is 3.37. The number of ether oxygens (including phenoxy) is 6. The number of hydrogen-bond donors (Lipinski definition) is 0. The molecule has 9 nitrogen and oxygen atoms in total. The van der Waals surface area contributed by atoms with Crippen molar-refractivity contribution in [3.63, 3.8) is 0 Å². The van der Waals surface area contributed by atoms with Crippen LogP contribution in [0.2, 0.25) is 0 Å². The molecule has 0 N–H and O–H groups in total. The molecule has 4 aromatic carbocycles. The van der Waals surface area contributed by atoms with Crippen molar-refractivity contribution in [1.82, 2.24) is 15.0 Å². The number of unbranched alkanes of at least 4 members (excludes halogenated alkanes) is 24. The predicted octanol–water partition coefficient (Wildman–Crippen LogP) is 17.4. The van der Waals surface area contributed by atoms with E-state index in [4.69, 9.17) is 43.4 Å². The van der Waals surface area contributed by atoms with Gasteiger partial charge in [-0.05, 0) is 38.5 Å². The van der Waals surface area contributed by atoms with Gasteiger partial charge >= 0.3 is 0 Å². The molecular formula is C60H87N3O6. The van der Waals surface area contributed by atoms with E-state index in [1.807, 2.05) is 0 Å². The fourth-order valence-electron chi connectivity index (χ4n) is 11.9. The molecule has 0 fully saturated rings. The topological polar surface area (TPSA) is 94.1 Å². The molecule has 0 saturated carbocycles. The van der Waals surface area contributed by atoms with Gasteiger partial charge in [0.1, 0.15) is 17.2 Å². The zero-order valence-corrected chi connectivity index (χ0v) is 44.5. The Morgan fingerprint density at radius 1 is 0.246 bits per heavy atom. The van der Waals surface area contributed by atoms with Crippen molar-refractivity contribution in [3.8, 4) is 34.9 Å². The molecule has 0 amide bonds. The van der Waals surface area contributed by atoms with Gasteiger partial charge in [-0.3, -0.25) is 0 Å². The number of nitrogens with zero attached hydrogens (tertiary/aromatic N) is 3. The Kier molecular flexibility index (Phi) is 19.8. The summed E-state index contributed by atoms with van der Waals surface area (Å²) < 4.78 is 38.9. The standard InChI is InChI=1S/C60H87N3O6/c1-10-13-16-19-22-25-28-31-34-37-40-52-46-43-47-45-48-44(46)50(59(61-52)68-8)56(65-5)42(39-36-33-30-27-24-21-18-15-12-3)54(48)63-60(69-9)51(45)57(66-6)41(38-35-32-29-26-23-20-17-14-11-2)53(47)62-58(67-7)49(43)55(40)64-4/h10-39H2,1-9H3. The number of methoxy groups -OCH3 is 6. The summed E-state index contributed by atoms with van der Waals surface area (Å²) >= 11 is 0. The van der Waals surface area contributed by atoms with Gasteiger partial charge in [0.25, 0.3) is 0 Å².